The van der Waals surface area contributed by atoms with Crippen LogP contribution in [-0.4, -0.2) is 36.7 Å². The summed E-state index contributed by atoms with van der Waals surface area (Å²) >= 11 is 0. The van der Waals surface area contributed by atoms with Gasteiger partial charge in [0, 0.05) is 24.2 Å². The third-order valence-corrected chi connectivity index (χ3v) is 3.37. The van der Waals surface area contributed by atoms with Crippen molar-refractivity contribution < 1.29 is 19.1 Å². The van der Waals surface area contributed by atoms with Crippen LogP contribution in [0.5, 0.6) is 11.5 Å². The SMILES string of the molecule is COc1ccc(NC(=O)C/C(C)=N\NC(=O)c2cccnc2)c(OC)c1. The topological polar surface area (TPSA) is 102 Å². The van der Waals surface area contributed by atoms with Crippen molar-refractivity contribution in [2.75, 3.05) is 19.5 Å². The third-order valence-electron chi connectivity index (χ3n) is 3.37. The van der Waals surface area contributed by atoms with E-state index in [9.17, 15) is 9.59 Å². The summed E-state index contributed by atoms with van der Waals surface area (Å²) in [5, 5.41) is 6.67. The summed E-state index contributed by atoms with van der Waals surface area (Å²) in [6.45, 7) is 1.65. The monoisotopic (exact) mass is 356 g/mol. The van der Waals surface area contributed by atoms with Gasteiger partial charge >= 0.3 is 0 Å². The van der Waals surface area contributed by atoms with Crippen LogP contribution < -0.4 is 20.2 Å². The molecule has 0 spiro atoms. The van der Waals surface area contributed by atoms with E-state index in [-0.39, 0.29) is 12.3 Å². The van der Waals surface area contributed by atoms with Crippen molar-refractivity contribution in [3.63, 3.8) is 0 Å². The Morgan fingerprint density at radius 3 is 2.65 bits per heavy atom. The van der Waals surface area contributed by atoms with Crippen LogP contribution in [-0.2, 0) is 4.79 Å². The van der Waals surface area contributed by atoms with E-state index in [0.717, 1.165) is 0 Å². The molecule has 8 heteroatoms. The maximum absolute atomic E-state index is 12.2. The predicted molar refractivity (Wildman–Crippen MR) is 97.6 cm³/mol. The Kier molecular flexibility index (Phi) is 6.67. The number of ether oxygens (including phenoxy) is 2. The van der Waals surface area contributed by atoms with Crippen molar-refractivity contribution in [1.82, 2.24) is 10.4 Å². The molecule has 2 aromatic rings. The standard InChI is InChI=1S/C18H20N4O4/c1-12(21-22-18(24)13-5-4-8-19-11-13)9-17(23)20-15-7-6-14(25-2)10-16(15)26-3/h4-8,10-11H,9H2,1-3H3,(H,20,23)(H,22,24)/b21-12-. The Labute approximate surface area is 151 Å². The second-order valence-electron chi connectivity index (χ2n) is 5.32. The molecule has 1 aromatic heterocycles. The molecule has 2 amide bonds. The summed E-state index contributed by atoms with van der Waals surface area (Å²) in [6, 6.07) is 8.35. The molecule has 0 aliphatic carbocycles. The van der Waals surface area contributed by atoms with Crippen LogP contribution in [0.4, 0.5) is 5.69 Å². The van der Waals surface area contributed by atoms with Crippen molar-refractivity contribution >= 4 is 23.2 Å². The smallest absolute Gasteiger partial charge is 0.272 e. The zero-order valence-corrected chi connectivity index (χ0v) is 14.8. The zero-order valence-electron chi connectivity index (χ0n) is 14.8. The second-order valence-corrected chi connectivity index (χ2v) is 5.32. The van der Waals surface area contributed by atoms with Crippen molar-refractivity contribution in [3.8, 4) is 11.5 Å². The molecule has 8 nitrogen and oxygen atoms in total. The number of hydrogen-bond donors (Lipinski definition) is 2. The first-order valence-electron chi connectivity index (χ1n) is 7.79. The normalized spacial score (nSPS) is 10.8. The first-order chi connectivity index (χ1) is 12.5. The number of pyridine rings is 1. The van der Waals surface area contributed by atoms with Crippen molar-refractivity contribution in [3.05, 3.63) is 48.3 Å². The molecule has 0 fully saturated rings. The number of rotatable bonds is 7. The Hall–Kier alpha value is -3.42. The van der Waals surface area contributed by atoms with E-state index in [1.165, 1.54) is 13.3 Å². The number of aromatic nitrogens is 1. The summed E-state index contributed by atoms with van der Waals surface area (Å²) in [7, 11) is 3.05. The van der Waals surface area contributed by atoms with Crippen molar-refractivity contribution in [2.45, 2.75) is 13.3 Å². The van der Waals surface area contributed by atoms with Gasteiger partial charge in [-0.05, 0) is 31.2 Å². The maximum Gasteiger partial charge on any atom is 0.272 e. The minimum Gasteiger partial charge on any atom is -0.497 e. The quantitative estimate of drug-likeness (QED) is 0.585. The number of hydrogen-bond acceptors (Lipinski definition) is 6. The average molecular weight is 356 g/mol. The molecule has 2 rings (SSSR count). The van der Waals surface area contributed by atoms with Gasteiger partial charge in [0.2, 0.25) is 5.91 Å². The van der Waals surface area contributed by atoms with Crippen LogP contribution in [0.15, 0.2) is 47.8 Å². The molecule has 1 heterocycles. The molecule has 0 aliphatic rings. The van der Waals surface area contributed by atoms with Gasteiger partial charge in [-0.2, -0.15) is 5.10 Å². The Morgan fingerprint density at radius 1 is 1.19 bits per heavy atom. The fourth-order valence-corrected chi connectivity index (χ4v) is 2.08. The van der Waals surface area contributed by atoms with E-state index in [4.69, 9.17) is 9.47 Å². The lowest BCUT2D eigenvalue weighted by Crippen LogP contribution is -2.21. The van der Waals surface area contributed by atoms with Gasteiger partial charge < -0.3 is 14.8 Å². The van der Waals surface area contributed by atoms with Gasteiger partial charge in [0.25, 0.3) is 5.91 Å². The van der Waals surface area contributed by atoms with Gasteiger partial charge in [-0.15, -0.1) is 0 Å². The number of methoxy groups -OCH3 is 2. The maximum atomic E-state index is 12.2. The van der Waals surface area contributed by atoms with Crippen LogP contribution in [0.3, 0.4) is 0 Å². The highest BCUT2D eigenvalue weighted by molar-refractivity contribution is 6.06. The number of anilines is 1. The molecule has 0 atom stereocenters. The fraction of sp³-hybridized carbons (Fsp3) is 0.222. The summed E-state index contributed by atoms with van der Waals surface area (Å²) in [6.07, 6.45) is 3.02. The molecule has 0 bridgehead atoms. The first kappa shape index (κ1) is 18.9. The predicted octanol–water partition coefficient (Wildman–Crippen LogP) is 2.23. The number of nitrogens with zero attached hydrogens (tertiary/aromatic N) is 2. The van der Waals surface area contributed by atoms with E-state index in [0.29, 0.717) is 28.5 Å². The zero-order chi connectivity index (χ0) is 18.9. The molecule has 0 saturated heterocycles. The van der Waals surface area contributed by atoms with E-state index in [2.05, 4.69) is 20.8 Å². The first-order valence-corrected chi connectivity index (χ1v) is 7.79. The summed E-state index contributed by atoms with van der Waals surface area (Å²) in [5.41, 5.74) is 3.75. The molecular weight excluding hydrogens is 336 g/mol. The minimum atomic E-state index is -0.394. The number of hydrazone groups is 1. The Morgan fingerprint density at radius 2 is 2.00 bits per heavy atom. The number of carbonyl (C=O) groups excluding carboxylic acids is 2. The summed E-state index contributed by atoms with van der Waals surface area (Å²) in [5.74, 6) is 0.424. The number of carbonyl (C=O) groups is 2. The van der Waals surface area contributed by atoms with Gasteiger partial charge in [0.15, 0.2) is 0 Å². The van der Waals surface area contributed by atoms with Crippen LogP contribution in [0.1, 0.15) is 23.7 Å². The minimum absolute atomic E-state index is 0.0164. The number of amides is 2. The van der Waals surface area contributed by atoms with Gasteiger partial charge in [0.05, 0.1) is 31.9 Å². The van der Waals surface area contributed by atoms with Crippen molar-refractivity contribution in [2.24, 2.45) is 5.10 Å². The largest absolute Gasteiger partial charge is 0.497 e. The Bertz CT molecular complexity index is 806. The summed E-state index contributed by atoms with van der Waals surface area (Å²) < 4.78 is 10.3. The van der Waals surface area contributed by atoms with E-state index in [1.807, 2.05) is 0 Å². The van der Waals surface area contributed by atoms with Crippen LogP contribution >= 0.6 is 0 Å². The molecule has 1 aromatic carbocycles. The van der Waals surface area contributed by atoms with Gasteiger partial charge in [-0.1, -0.05) is 0 Å². The van der Waals surface area contributed by atoms with E-state index in [1.54, 1.807) is 50.6 Å². The lowest BCUT2D eigenvalue weighted by Gasteiger charge is -2.11. The van der Waals surface area contributed by atoms with Crippen LogP contribution in [0.25, 0.3) is 0 Å². The Balaban J connectivity index is 1.93. The molecule has 26 heavy (non-hydrogen) atoms. The van der Waals surface area contributed by atoms with Gasteiger partial charge in [-0.3, -0.25) is 14.6 Å². The number of nitrogens with one attached hydrogen (secondary N) is 2. The molecule has 0 saturated carbocycles. The van der Waals surface area contributed by atoms with E-state index >= 15 is 0 Å². The highest BCUT2D eigenvalue weighted by Gasteiger charge is 2.10. The number of benzene rings is 1. The molecule has 0 radical (unpaired) electrons. The van der Waals surface area contributed by atoms with Crippen LogP contribution in [0, 0.1) is 0 Å². The lowest BCUT2D eigenvalue weighted by atomic mass is 10.2. The lowest BCUT2D eigenvalue weighted by molar-refractivity contribution is -0.115. The molecular formula is C18H20N4O4. The average Bonchev–Trinajstić information content (AvgIpc) is 2.67. The highest BCUT2D eigenvalue weighted by Crippen LogP contribution is 2.29. The highest BCUT2D eigenvalue weighted by atomic mass is 16.5. The fourth-order valence-electron chi connectivity index (χ4n) is 2.08. The summed E-state index contributed by atoms with van der Waals surface area (Å²) in [4.78, 5) is 27.9. The molecule has 2 N–H and O–H groups in total. The molecule has 0 aliphatic heterocycles. The molecule has 136 valence electrons. The second kappa shape index (κ2) is 9.16. The van der Waals surface area contributed by atoms with Gasteiger partial charge in [0.1, 0.15) is 11.5 Å². The van der Waals surface area contributed by atoms with Gasteiger partial charge in [-0.25, -0.2) is 5.43 Å². The van der Waals surface area contributed by atoms with Crippen LogP contribution in [0.2, 0.25) is 0 Å². The third kappa shape index (κ3) is 5.30. The van der Waals surface area contributed by atoms with Crippen molar-refractivity contribution in [1.29, 1.82) is 0 Å². The van der Waals surface area contributed by atoms with E-state index < -0.39 is 5.91 Å². The molecule has 0 unspecified atom stereocenters.